The number of nitrogens with one attached hydrogen (secondary N) is 1. The molecule has 3 aliphatic rings. The molecule has 0 spiro atoms. The van der Waals surface area contributed by atoms with E-state index >= 15 is 0 Å². The van der Waals surface area contributed by atoms with Gasteiger partial charge in [0.2, 0.25) is 11.8 Å². The molecule has 2 aliphatic heterocycles. The van der Waals surface area contributed by atoms with Gasteiger partial charge in [-0.3, -0.25) is 24.4 Å². The monoisotopic (exact) mass is 435 g/mol. The number of aryl methyl sites for hydroxylation is 1. The summed E-state index contributed by atoms with van der Waals surface area (Å²) in [4.78, 5) is 43.1. The molecule has 1 aromatic heterocycles. The minimum Gasteiger partial charge on any atom is -0.322 e. The molecule has 1 saturated heterocycles. The first-order valence-corrected chi connectivity index (χ1v) is 11.4. The van der Waals surface area contributed by atoms with E-state index in [0.717, 1.165) is 29.8 Å². The fourth-order valence-corrected chi connectivity index (χ4v) is 5.25. The summed E-state index contributed by atoms with van der Waals surface area (Å²) in [5, 5.41) is 7.01. The Hall–Kier alpha value is -3.03. The fraction of sp³-hybridized carbons (Fsp3) is 0.542. The molecule has 5 rings (SSSR count). The van der Waals surface area contributed by atoms with Gasteiger partial charge >= 0.3 is 0 Å². The molecule has 0 radical (unpaired) electrons. The summed E-state index contributed by atoms with van der Waals surface area (Å²) < 4.78 is 1.90. The van der Waals surface area contributed by atoms with Crippen LogP contribution in [0.15, 0.2) is 18.2 Å². The van der Waals surface area contributed by atoms with Crippen molar-refractivity contribution in [1.82, 2.24) is 25.0 Å². The van der Waals surface area contributed by atoms with Gasteiger partial charge in [0.1, 0.15) is 11.9 Å². The number of fused-ring (bicyclic) bond motifs is 1. The molecule has 32 heavy (non-hydrogen) atoms. The maximum atomic E-state index is 12.9. The Bertz CT molecular complexity index is 1110. The second kappa shape index (κ2) is 7.53. The largest absolute Gasteiger partial charge is 0.322 e. The smallest absolute Gasteiger partial charge is 0.255 e. The number of carbonyl (C=O) groups is 3. The van der Waals surface area contributed by atoms with Gasteiger partial charge in [0.15, 0.2) is 5.82 Å². The Labute approximate surface area is 187 Å². The lowest BCUT2D eigenvalue weighted by Crippen LogP contribution is -2.52. The summed E-state index contributed by atoms with van der Waals surface area (Å²) >= 11 is 0. The first-order chi connectivity index (χ1) is 15.2. The third-order valence-electron chi connectivity index (χ3n) is 7.28. The van der Waals surface area contributed by atoms with Crippen molar-refractivity contribution in [3.63, 3.8) is 0 Å². The normalized spacial score (nSPS) is 23.4. The highest BCUT2D eigenvalue weighted by Crippen LogP contribution is 2.42. The molecule has 1 atom stereocenters. The summed E-state index contributed by atoms with van der Waals surface area (Å²) in [6, 6.07) is 5.04. The van der Waals surface area contributed by atoms with Crippen LogP contribution in [0.3, 0.4) is 0 Å². The van der Waals surface area contributed by atoms with Crippen molar-refractivity contribution in [2.75, 3.05) is 0 Å². The van der Waals surface area contributed by atoms with Crippen molar-refractivity contribution in [2.24, 2.45) is 12.5 Å². The second-order valence-corrected chi connectivity index (χ2v) is 10.1. The van der Waals surface area contributed by atoms with Crippen LogP contribution in [0.2, 0.25) is 0 Å². The first-order valence-electron chi connectivity index (χ1n) is 11.4. The molecule has 2 fully saturated rings. The van der Waals surface area contributed by atoms with Gasteiger partial charge in [-0.05, 0) is 55.2 Å². The number of nitrogens with zero attached hydrogens (tertiary/aromatic N) is 4. The number of benzene rings is 1. The van der Waals surface area contributed by atoms with Gasteiger partial charge < -0.3 is 4.90 Å². The molecule has 2 aromatic rings. The average molecular weight is 436 g/mol. The van der Waals surface area contributed by atoms with Gasteiger partial charge in [-0.1, -0.05) is 19.9 Å². The van der Waals surface area contributed by atoms with E-state index in [9.17, 15) is 14.4 Å². The molecule has 8 nitrogen and oxygen atoms in total. The Morgan fingerprint density at radius 2 is 1.84 bits per heavy atom. The standard InChI is InChI=1S/C24H29N5O3/c1-24(2)10-8-14(9-11-24)21-26-20(27-28(21)3)15-4-5-17-16(12-15)13-29(23(17)32)18-6-7-19(30)25-22(18)31/h4-5,12,14,18H,6-11,13H2,1-3H3,(H,25,30,31). The lowest BCUT2D eigenvalue weighted by atomic mass is 9.73. The number of hydrogen-bond acceptors (Lipinski definition) is 5. The highest BCUT2D eigenvalue weighted by atomic mass is 16.2. The summed E-state index contributed by atoms with van der Waals surface area (Å²) in [5.41, 5.74) is 2.74. The summed E-state index contributed by atoms with van der Waals surface area (Å²) in [7, 11) is 1.95. The number of carbonyl (C=O) groups excluding carboxylic acids is 3. The van der Waals surface area contributed by atoms with Gasteiger partial charge in [0.05, 0.1) is 0 Å². The van der Waals surface area contributed by atoms with E-state index in [0.29, 0.717) is 35.7 Å². The van der Waals surface area contributed by atoms with Crippen LogP contribution in [0.1, 0.15) is 80.0 Å². The highest BCUT2D eigenvalue weighted by Gasteiger charge is 2.39. The number of imide groups is 1. The third kappa shape index (κ3) is 3.61. The minimum absolute atomic E-state index is 0.166. The predicted molar refractivity (Wildman–Crippen MR) is 117 cm³/mol. The van der Waals surface area contributed by atoms with E-state index < -0.39 is 11.9 Å². The molecule has 3 heterocycles. The topological polar surface area (TPSA) is 97.2 Å². The van der Waals surface area contributed by atoms with Gasteiger partial charge in [0, 0.05) is 37.1 Å². The van der Waals surface area contributed by atoms with Crippen LogP contribution in [0, 0.1) is 5.41 Å². The predicted octanol–water partition coefficient (Wildman–Crippen LogP) is 2.93. The van der Waals surface area contributed by atoms with E-state index in [-0.39, 0.29) is 18.2 Å². The van der Waals surface area contributed by atoms with E-state index in [2.05, 4.69) is 24.3 Å². The summed E-state index contributed by atoms with van der Waals surface area (Å²) in [5.74, 6) is 1.28. The second-order valence-electron chi connectivity index (χ2n) is 10.1. The number of rotatable bonds is 3. The van der Waals surface area contributed by atoms with Crippen molar-refractivity contribution in [3.05, 3.63) is 35.2 Å². The quantitative estimate of drug-likeness (QED) is 0.748. The SMILES string of the molecule is Cn1nc(-c2ccc3c(c2)CN(C2CCC(=O)NC2=O)C3=O)nc1C1CCC(C)(C)CC1. The van der Waals surface area contributed by atoms with Crippen LogP contribution in [0.25, 0.3) is 11.4 Å². The maximum Gasteiger partial charge on any atom is 0.255 e. The molecule has 1 aromatic carbocycles. The van der Waals surface area contributed by atoms with Crippen molar-refractivity contribution >= 4 is 17.7 Å². The van der Waals surface area contributed by atoms with E-state index in [1.807, 2.05) is 23.9 Å². The molecule has 0 bridgehead atoms. The Kier molecular flexibility index (Phi) is 4.91. The average Bonchev–Trinajstić information content (AvgIpc) is 3.28. The van der Waals surface area contributed by atoms with Gasteiger partial charge in [-0.25, -0.2) is 4.98 Å². The van der Waals surface area contributed by atoms with E-state index in [1.165, 1.54) is 12.8 Å². The van der Waals surface area contributed by atoms with Crippen LogP contribution in [-0.4, -0.2) is 43.4 Å². The Balaban J connectivity index is 1.37. The lowest BCUT2D eigenvalue weighted by molar-refractivity contribution is -0.136. The molecule has 1 unspecified atom stereocenters. The summed E-state index contributed by atoms with van der Waals surface area (Å²) in [6.45, 7) is 5.01. The third-order valence-corrected chi connectivity index (χ3v) is 7.28. The lowest BCUT2D eigenvalue weighted by Gasteiger charge is -2.33. The number of piperidine rings is 1. The van der Waals surface area contributed by atoms with E-state index in [4.69, 9.17) is 4.98 Å². The van der Waals surface area contributed by atoms with Gasteiger partial charge in [0.25, 0.3) is 5.91 Å². The zero-order chi connectivity index (χ0) is 22.6. The number of aromatic nitrogens is 3. The first kappa shape index (κ1) is 20.8. The zero-order valence-electron chi connectivity index (χ0n) is 18.9. The van der Waals surface area contributed by atoms with Crippen LogP contribution in [0.4, 0.5) is 0 Å². The molecule has 3 amide bonds. The zero-order valence-corrected chi connectivity index (χ0v) is 18.9. The molecule has 168 valence electrons. The van der Waals surface area contributed by atoms with Crippen LogP contribution >= 0.6 is 0 Å². The molecule has 1 N–H and O–H groups in total. The molecule has 1 saturated carbocycles. The molecular formula is C24H29N5O3. The number of hydrogen-bond donors (Lipinski definition) is 1. The van der Waals surface area contributed by atoms with Crippen LogP contribution < -0.4 is 5.32 Å². The fourth-order valence-electron chi connectivity index (χ4n) is 5.25. The Morgan fingerprint density at radius 1 is 1.09 bits per heavy atom. The van der Waals surface area contributed by atoms with Crippen molar-refractivity contribution in [2.45, 2.75) is 70.9 Å². The van der Waals surface area contributed by atoms with Crippen LogP contribution in [0.5, 0.6) is 0 Å². The van der Waals surface area contributed by atoms with Gasteiger partial charge in [-0.2, -0.15) is 5.10 Å². The van der Waals surface area contributed by atoms with Gasteiger partial charge in [-0.15, -0.1) is 0 Å². The maximum absolute atomic E-state index is 12.9. The number of amides is 3. The minimum atomic E-state index is -0.605. The van der Waals surface area contributed by atoms with Crippen LogP contribution in [-0.2, 0) is 23.2 Å². The summed E-state index contributed by atoms with van der Waals surface area (Å²) in [6.07, 6.45) is 5.24. The van der Waals surface area contributed by atoms with Crippen molar-refractivity contribution < 1.29 is 14.4 Å². The Morgan fingerprint density at radius 3 is 2.56 bits per heavy atom. The van der Waals surface area contributed by atoms with Crippen molar-refractivity contribution in [1.29, 1.82) is 0 Å². The van der Waals surface area contributed by atoms with E-state index in [1.54, 1.807) is 11.0 Å². The molecule has 1 aliphatic carbocycles. The molecular weight excluding hydrogens is 406 g/mol. The van der Waals surface area contributed by atoms with Crippen molar-refractivity contribution in [3.8, 4) is 11.4 Å². The highest BCUT2D eigenvalue weighted by molar-refractivity contribution is 6.05. The molecule has 8 heteroatoms.